The Labute approximate surface area is 108 Å². The number of ether oxygens (including phenoxy) is 1. The molecular formula is C15H20O3. The van der Waals surface area contributed by atoms with Crippen LogP contribution < -0.4 is 0 Å². The third kappa shape index (κ3) is 5.15. The maximum atomic E-state index is 11.1. The van der Waals surface area contributed by atoms with Crippen LogP contribution in [0.5, 0.6) is 0 Å². The van der Waals surface area contributed by atoms with Crippen LogP contribution in [0.4, 0.5) is 0 Å². The molecular weight excluding hydrogens is 228 g/mol. The quantitative estimate of drug-likeness (QED) is 0.621. The van der Waals surface area contributed by atoms with Gasteiger partial charge in [0.05, 0.1) is 13.2 Å². The van der Waals surface area contributed by atoms with E-state index in [0.717, 1.165) is 6.42 Å². The van der Waals surface area contributed by atoms with Gasteiger partial charge in [0.2, 0.25) is 0 Å². The standard InChI is InChI=1S/C15H20O3/c1-12(15(17)18-2)8-10-14(16)11-9-13-6-4-3-5-7-13/h3-8,14,16H,9-11H2,1-2H3/b12-8+/t14-/m1/s1. The van der Waals surface area contributed by atoms with Gasteiger partial charge in [-0.2, -0.15) is 0 Å². The molecule has 0 spiro atoms. The molecule has 3 nitrogen and oxygen atoms in total. The maximum absolute atomic E-state index is 11.1. The van der Waals surface area contributed by atoms with Crippen LogP contribution in [0.15, 0.2) is 42.0 Å². The summed E-state index contributed by atoms with van der Waals surface area (Å²) in [4.78, 5) is 11.1. The smallest absolute Gasteiger partial charge is 0.333 e. The van der Waals surface area contributed by atoms with E-state index < -0.39 is 6.10 Å². The third-order valence-corrected chi connectivity index (χ3v) is 2.81. The van der Waals surface area contributed by atoms with Crippen molar-refractivity contribution in [3.8, 4) is 0 Å². The van der Waals surface area contributed by atoms with Crippen LogP contribution >= 0.6 is 0 Å². The molecule has 0 aliphatic rings. The number of carbonyl (C=O) groups excluding carboxylic acids is 1. The Balaban J connectivity index is 2.34. The molecule has 0 heterocycles. The molecule has 0 aliphatic carbocycles. The van der Waals surface area contributed by atoms with Gasteiger partial charge in [-0.1, -0.05) is 36.4 Å². The molecule has 1 aromatic carbocycles. The first-order valence-corrected chi connectivity index (χ1v) is 6.10. The Kier molecular flexibility index (Phi) is 6.15. The normalized spacial score (nSPS) is 13.2. The molecule has 3 heteroatoms. The molecule has 1 rings (SSSR count). The first kappa shape index (κ1) is 14.5. The number of hydrogen-bond donors (Lipinski definition) is 1. The van der Waals surface area contributed by atoms with Gasteiger partial charge < -0.3 is 9.84 Å². The van der Waals surface area contributed by atoms with Crippen LogP contribution in [0.2, 0.25) is 0 Å². The van der Waals surface area contributed by atoms with E-state index in [1.165, 1.54) is 12.7 Å². The van der Waals surface area contributed by atoms with E-state index in [-0.39, 0.29) is 5.97 Å². The molecule has 1 aromatic rings. The van der Waals surface area contributed by atoms with Gasteiger partial charge in [0.25, 0.3) is 0 Å². The molecule has 0 bridgehead atoms. The van der Waals surface area contributed by atoms with Gasteiger partial charge in [0.1, 0.15) is 0 Å². The second kappa shape index (κ2) is 7.67. The highest BCUT2D eigenvalue weighted by Gasteiger charge is 2.06. The fourth-order valence-electron chi connectivity index (χ4n) is 1.65. The van der Waals surface area contributed by atoms with Crippen molar-refractivity contribution >= 4 is 5.97 Å². The Morgan fingerprint density at radius 1 is 1.39 bits per heavy atom. The van der Waals surface area contributed by atoms with E-state index in [1.54, 1.807) is 13.0 Å². The zero-order chi connectivity index (χ0) is 13.4. The number of methoxy groups -OCH3 is 1. The predicted octanol–water partition coefficient (Wildman–Crippen LogP) is 2.49. The number of hydrogen-bond acceptors (Lipinski definition) is 3. The van der Waals surface area contributed by atoms with E-state index in [2.05, 4.69) is 4.74 Å². The molecule has 0 radical (unpaired) electrons. The van der Waals surface area contributed by atoms with Crippen LogP contribution in [-0.4, -0.2) is 24.3 Å². The fraction of sp³-hybridized carbons (Fsp3) is 0.400. The summed E-state index contributed by atoms with van der Waals surface area (Å²) < 4.78 is 4.58. The molecule has 0 fully saturated rings. The van der Waals surface area contributed by atoms with Crippen molar-refractivity contribution in [3.05, 3.63) is 47.5 Å². The summed E-state index contributed by atoms with van der Waals surface area (Å²) in [5.74, 6) is -0.342. The highest BCUT2D eigenvalue weighted by molar-refractivity contribution is 5.87. The van der Waals surface area contributed by atoms with E-state index in [1.807, 2.05) is 30.3 Å². The molecule has 1 N–H and O–H groups in total. The number of aryl methyl sites for hydroxylation is 1. The zero-order valence-electron chi connectivity index (χ0n) is 10.9. The lowest BCUT2D eigenvalue weighted by molar-refractivity contribution is -0.136. The van der Waals surface area contributed by atoms with Gasteiger partial charge in [-0.3, -0.25) is 0 Å². The topological polar surface area (TPSA) is 46.5 Å². The average Bonchev–Trinajstić information content (AvgIpc) is 2.42. The summed E-state index contributed by atoms with van der Waals surface area (Å²) >= 11 is 0. The minimum atomic E-state index is -0.426. The minimum Gasteiger partial charge on any atom is -0.466 e. The lowest BCUT2D eigenvalue weighted by atomic mass is 10.0. The molecule has 0 unspecified atom stereocenters. The Morgan fingerprint density at radius 2 is 2.06 bits per heavy atom. The molecule has 98 valence electrons. The van der Waals surface area contributed by atoms with Crippen molar-refractivity contribution < 1.29 is 14.6 Å². The van der Waals surface area contributed by atoms with Gasteiger partial charge in [0, 0.05) is 5.57 Å². The first-order valence-electron chi connectivity index (χ1n) is 6.10. The molecule has 0 aliphatic heterocycles. The van der Waals surface area contributed by atoms with Crippen LogP contribution in [0, 0.1) is 0 Å². The Bertz CT molecular complexity index is 395. The Morgan fingerprint density at radius 3 is 2.67 bits per heavy atom. The predicted molar refractivity (Wildman–Crippen MR) is 71.2 cm³/mol. The van der Waals surface area contributed by atoms with E-state index in [4.69, 9.17) is 0 Å². The van der Waals surface area contributed by atoms with Gasteiger partial charge >= 0.3 is 5.97 Å². The molecule has 0 aromatic heterocycles. The lowest BCUT2D eigenvalue weighted by Crippen LogP contribution is -2.08. The largest absolute Gasteiger partial charge is 0.466 e. The van der Waals surface area contributed by atoms with Crippen molar-refractivity contribution in [2.24, 2.45) is 0 Å². The van der Waals surface area contributed by atoms with Gasteiger partial charge in [-0.15, -0.1) is 0 Å². The van der Waals surface area contributed by atoms with Gasteiger partial charge in [0.15, 0.2) is 0 Å². The number of benzene rings is 1. The van der Waals surface area contributed by atoms with Gasteiger partial charge in [-0.25, -0.2) is 4.79 Å². The fourth-order valence-corrected chi connectivity index (χ4v) is 1.65. The average molecular weight is 248 g/mol. The van der Waals surface area contributed by atoms with Crippen LogP contribution in [0.3, 0.4) is 0 Å². The SMILES string of the molecule is COC(=O)/C(C)=C/C[C@@H](O)CCc1ccccc1. The van der Waals surface area contributed by atoms with Gasteiger partial charge in [-0.05, 0) is 31.7 Å². The minimum absolute atomic E-state index is 0.342. The summed E-state index contributed by atoms with van der Waals surface area (Å²) in [6.45, 7) is 1.69. The van der Waals surface area contributed by atoms with E-state index in [0.29, 0.717) is 18.4 Å². The third-order valence-electron chi connectivity index (χ3n) is 2.81. The second-order valence-corrected chi connectivity index (χ2v) is 4.29. The van der Waals surface area contributed by atoms with Crippen LogP contribution in [-0.2, 0) is 16.0 Å². The number of aliphatic hydroxyl groups excluding tert-OH is 1. The summed E-state index contributed by atoms with van der Waals surface area (Å²) in [6.07, 6.45) is 3.31. The highest BCUT2D eigenvalue weighted by atomic mass is 16.5. The Hall–Kier alpha value is -1.61. The van der Waals surface area contributed by atoms with E-state index >= 15 is 0 Å². The van der Waals surface area contributed by atoms with Crippen LogP contribution in [0.25, 0.3) is 0 Å². The second-order valence-electron chi connectivity index (χ2n) is 4.29. The van der Waals surface area contributed by atoms with Crippen molar-refractivity contribution in [1.82, 2.24) is 0 Å². The molecule has 18 heavy (non-hydrogen) atoms. The molecule has 1 atom stereocenters. The maximum Gasteiger partial charge on any atom is 0.333 e. The number of rotatable bonds is 6. The summed E-state index contributed by atoms with van der Waals surface area (Å²) in [7, 11) is 1.35. The zero-order valence-corrected chi connectivity index (χ0v) is 10.9. The summed E-state index contributed by atoms with van der Waals surface area (Å²) in [5, 5.41) is 9.82. The molecule has 0 amide bonds. The van der Waals surface area contributed by atoms with Crippen molar-refractivity contribution in [1.29, 1.82) is 0 Å². The lowest BCUT2D eigenvalue weighted by Gasteiger charge is -2.08. The summed E-state index contributed by atoms with van der Waals surface area (Å²) in [5.41, 5.74) is 1.75. The summed E-state index contributed by atoms with van der Waals surface area (Å²) in [6, 6.07) is 10.0. The molecule has 0 saturated carbocycles. The number of carbonyl (C=O) groups is 1. The van der Waals surface area contributed by atoms with E-state index in [9.17, 15) is 9.90 Å². The highest BCUT2D eigenvalue weighted by Crippen LogP contribution is 2.09. The van der Waals surface area contributed by atoms with Crippen LogP contribution in [0.1, 0.15) is 25.3 Å². The number of esters is 1. The van der Waals surface area contributed by atoms with Crippen molar-refractivity contribution in [2.45, 2.75) is 32.3 Å². The molecule has 0 saturated heterocycles. The van der Waals surface area contributed by atoms with Crippen molar-refractivity contribution in [3.63, 3.8) is 0 Å². The van der Waals surface area contributed by atoms with Crippen molar-refractivity contribution in [2.75, 3.05) is 7.11 Å². The number of aliphatic hydroxyl groups is 1. The monoisotopic (exact) mass is 248 g/mol. The first-order chi connectivity index (χ1) is 8.63.